The second-order valence-electron chi connectivity index (χ2n) is 4.50. The Kier molecular flexibility index (Phi) is 0.574. The van der Waals surface area contributed by atoms with E-state index in [0.717, 1.165) is 11.3 Å². The lowest BCUT2D eigenvalue weighted by molar-refractivity contribution is 0.354. The summed E-state index contributed by atoms with van der Waals surface area (Å²) in [6.45, 7) is 2.45. The molecular formula is C9H14. The third-order valence-electron chi connectivity index (χ3n) is 4.12. The Morgan fingerprint density at radius 2 is 2.11 bits per heavy atom. The molecule has 3 aliphatic carbocycles. The van der Waals surface area contributed by atoms with E-state index in [1.807, 2.05) is 0 Å². The Labute approximate surface area is 56.6 Å². The molecule has 3 rings (SSSR count). The highest BCUT2D eigenvalue weighted by molar-refractivity contribution is 5.21. The van der Waals surface area contributed by atoms with Crippen LogP contribution in [0.3, 0.4) is 0 Å². The first-order chi connectivity index (χ1) is 4.33. The Morgan fingerprint density at radius 1 is 1.22 bits per heavy atom. The van der Waals surface area contributed by atoms with Crippen molar-refractivity contribution in [1.29, 1.82) is 0 Å². The molecule has 0 aromatic heterocycles. The zero-order valence-corrected chi connectivity index (χ0v) is 6.06. The maximum absolute atomic E-state index is 2.45. The molecule has 0 N–H and O–H groups in total. The molecule has 0 aromatic rings. The highest BCUT2D eigenvalue weighted by Gasteiger charge is 2.72. The third kappa shape index (κ3) is 0.395. The van der Waals surface area contributed by atoms with E-state index in [1.54, 1.807) is 19.3 Å². The van der Waals surface area contributed by atoms with Crippen LogP contribution in [0.25, 0.3) is 0 Å². The SMILES string of the molecule is CC1CC[C@@H]2C[C@@]23C[C@@H]13. The van der Waals surface area contributed by atoms with E-state index in [0.29, 0.717) is 0 Å². The van der Waals surface area contributed by atoms with Gasteiger partial charge in [0.2, 0.25) is 0 Å². The van der Waals surface area contributed by atoms with Gasteiger partial charge in [-0.05, 0) is 42.4 Å². The summed E-state index contributed by atoms with van der Waals surface area (Å²) in [6.07, 6.45) is 6.33. The van der Waals surface area contributed by atoms with Crippen LogP contribution in [0.5, 0.6) is 0 Å². The molecule has 3 fully saturated rings. The molecule has 4 atom stereocenters. The molecular weight excluding hydrogens is 108 g/mol. The Balaban J connectivity index is 1.91. The first-order valence-corrected chi connectivity index (χ1v) is 4.33. The highest BCUT2D eigenvalue weighted by Crippen LogP contribution is 2.80. The Bertz CT molecular complexity index is 161. The van der Waals surface area contributed by atoms with E-state index in [9.17, 15) is 0 Å². The van der Waals surface area contributed by atoms with Gasteiger partial charge in [0.25, 0.3) is 0 Å². The molecule has 0 heteroatoms. The van der Waals surface area contributed by atoms with Crippen LogP contribution in [0, 0.1) is 23.2 Å². The quantitative estimate of drug-likeness (QED) is 0.463. The summed E-state index contributed by atoms with van der Waals surface area (Å²) < 4.78 is 0. The predicted octanol–water partition coefficient (Wildman–Crippen LogP) is 2.44. The van der Waals surface area contributed by atoms with E-state index in [1.165, 1.54) is 18.3 Å². The van der Waals surface area contributed by atoms with Crippen LogP contribution < -0.4 is 0 Å². The molecule has 0 bridgehead atoms. The minimum atomic E-state index is 0.984. The molecule has 3 aliphatic rings. The molecule has 0 heterocycles. The second-order valence-corrected chi connectivity index (χ2v) is 4.50. The van der Waals surface area contributed by atoms with Crippen molar-refractivity contribution in [1.82, 2.24) is 0 Å². The first-order valence-electron chi connectivity index (χ1n) is 4.33. The minimum Gasteiger partial charge on any atom is -0.0622 e. The topological polar surface area (TPSA) is 0 Å². The smallest absolute Gasteiger partial charge is 0.0232 e. The number of hydrogen-bond acceptors (Lipinski definition) is 0. The van der Waals surface area contributed by atoms with E-state index in [2.05, 4.69) is 6.92 Å². The molecule has 9 heavy (non-hydrogen) atoms. The molecule has 0 radical (unpaired) electrons. The fourth-order valence-corrected chi connectivity index (χ4v) is 3.28. The normalized spacial score (nSPS) is 68.3. The average molecular weight is 122 g/mol. The molecule has 0 nitrogen and oxygen atoms in total. The maximum Gasteiger partial charge on any atom is -0.0232 e. The minimum absolute atomic E-state index is 0.984. The van der Waals surface area contributed by atoms with Crippen molar-refractivity contribution in [2.75, 3.05) is 0 Å². The van der Waals surface area contributed by atoms with Crippen LogP contribution in [0.15, 0.2) is 0 Å². The maximum atomic E-state index is 2.45. The van der Waals surface area contributed by atoms with E-state index in [-0.39, 0.29) is 0 Å². The molecule has 50 valence electrons. The number of rotatable bonds is 0. The fraction of sp³-hybridized carbons (Fsp3) is 1.00. The van der Waals surface area contributed by atoms with E-state index >= 15 is 0 Å². The summed E-state index contributed by atoms with van der Waals surface area (Å²) in [5, 5.41) is 0. The molecule has 0 aromatic carbocycles. The van der Waals surface area contributed by atoms with Crippen LogP contribution in [0.1, 0.15) is 32.6 Å². The monoisotopic (exact) mass is 122 g/mol. The lowest BCUT2D eigenvalue weighted by Crippen LogP contribution is -2.06. The average Bonchev–Trinajstić information content (AvgIpc) is 2.64. The van der Waals surface area contributed by atoms with E-state index in [4.69, 9.17) is 0 Å². The van der Waals surface area contributed by atoms with E-state index < -0.39 is 0 Å². The van der Waals surface area contributed by atoms with Gasteiger partial charge < -0.3 is 0 Å². The van der Waals surface area contributed by atoms with Crippen molar-refractivity contribution in [3.05, 3.63) is 0 Å². The van der Waals surface area contributed by atoms with Gasteiger partial charge in [-0.2, -0.15) is 0 Å². The summed E-state index contributed by atoms with van der Waals surface area (Å²) in [7, 11) is 0. The zero-order chi connectivity index (χ0) is 6.06. The van der Waals surface area contributed by atoms with Crippen molar-refractivity contribution in [2.24, 2.45) is 23.2 Å². The zero-order valence-electron chi connectivity index (χ0n) is 6.06. The largest absolute Gasteiger partial charge is 0.0622 e. The fourth-order valence-electron chi connectivity index (χ4n) is 3.28. The van der Waals surface area contributed by atoms with Gasteiger partial charge in [-0.1, -0.05) is 13.3 Å². The van der Waals surface area contributed by atoms with Crippen molar-refractivity contribution >= 4 is 0 Å². The van der Waals surface area contributed by atoms with Gasteiger partial charge in [0.05, 0.1) is 0 Å². The van der Waals surface area contributed by atoms with Gasteiger partial charge in [-0.15, -0.1) is 0 Å². The second kappa shape index (κ2) is 1.09. The van der Waals surface area contributed by atoms with Crippen molar-refractivity contribution < 1.29 is 0 Å². The standard InChI is InChI=1S/C9H14/c1-6-2-3-7-4-9(7)5-8(6)9/h6-8H,2-5H2,1H3/t6?,7-,8+,9-/m1/s1. The third-order valence-corrected chi connectivity index (χ3v) is 4.12. The van der Waals surface area contributed by atoms with Crippen LogP contribution in [0.2, 0.25) is 0 Å². The summed E-state index contributed by atoms with van der Waals surface area (Å²) in [4.78, 5) is 0. The summed E-state index contributed by atoms with van der Waals surface area (Å²) >= 11 is 0. The van der Waals surface area contributed by atoms with Gasteiger partial charge in [-0.25, -0.2) is 0 Å². The van der Waals surface area contributed by atoms with Crippen molar-refractivity contribution in [3.8, 4) is 0 Å². The molecule has 1 unspecified atom stereocenters. The van der Waals surface area contributed by atoms with Gasteiger partial charge in [0.1, 0.15) is 0 Å². The lowest BCUT2D eigenvalue weighted by atomic mass is 9.91. The molecule has 0 amide bonds. The molecule has 1 spiro atoms. The first kappa shape index (κ1) is 4.76. The van der Waals surface area contributed by atoms with Crippen molar-refractivity contribution in [2.45, 2.75) is 32.6 Å². The summed E-state index contributed by atoms with van der Waals surface area (Å²) in [6, 6.07) is 0. The van der Waals surface area contributed by atoms with Crippen LogP contribution in [-0.4, -0.2) is 0 Å². The highest BCUT2D eigenvalue weighted by atomic mass is 14.8. The van der Waals surface area contributed by atoms with Crippen molar-refractivity contribution in [3.63, 3.8) is 0 Å². The summed E-state index contributed by atoms with van der Waals surface area (Å²) in [5.74, 6) is 3.48. The molecule has 0 aliphatic heterocycles. The van der Waals surface area contributed by atoms with Crippen LogP contribution in [0.4, 0.5) is 0 Å². The summed E-state index contributed by atoms with van der Waals surface area (Å²) in [5.41, 5.74) is 0.984. The van der Waals surface area contributed by atoms with Gasteiger partial charge in [-0.3, -0.25) is 0 Å². The lowest BCUT2D eigenvalue weighted by Gasteiger charge is -2.14. The van der Waals surface area contributed by atoms with Gasteiger partial charge >= 0.3 is 0 Å². The Morgan fingerprint density at radius 3 is 2.89 bits per heavy atom. The van der Waals surface area contributed by atoms with Gasteiger partial charge in [0.15, 0.2) is 0 Å². The predicted molar refractivity (Wildman–Crippen MR) is 37.0 cm³/mol. The van der Waals surface area contributed by atoms with Crippen LogP contribution >= 0.6 is 0 Å². The van der Waals surface area contributed by atoms with Gasteiger partial charge in [0, 0.05) is 0 Å². The van der Waals surface area contributed by atoms with Crippen LogP contribution in [-0.2, 0) is 0 Å². The number of hydrogen-bond donors (Lipinski definition) is 0. The Hall–Kier alpha value is 0. The molecule has 3 saturated carbocycles. The molecule has 0 saturated heterocycles.